The Morgan fingerprint density at radius 1 is 0.696 bits per heavy atom. The third-order valence-corrected chi connectivity index (χ3v) is 2.45. The molecule has 0 aromatic heterocycles. The predicted molar refractivity (Wildman–Crippen MR) is 101 cm³/mol. The molecule has 0 aliphatic rings. The van der Waals surface area contributed by atoms with Crippen LogP contribution in [0.15, 0.2) is 54.6 Å². The van der Waals surface area contributed by atoms with Gasteiger partial charge in [-0.25, -0.2) is 0 Å². The Labute approximate surface area is 142 Å². The summed E-state index contributed by atoms with van der Waals surface area (Å²) in [7, 11) is 9.96. The maximum Gasteiger partial charge on any atom is 0.141 e. The largest absolute Gasteiger partial charge is 0.478 e. The van der Waals surface area contributed by atoms with Gasteiger partial charge in [0.1, 0.15) is 12.5 Å². The van der Waals surface area contributed by atoms with Crippen LogP contribution in [0.3, 0.4) is 0 Å². The second kappa shape index (κ2) is 12.7. The molecule has 0 fully saturated rings. The fourth-order valence-electron chi connectivity index (χ4n) is 1.37. The summed E-state index contributed by atoms with van der Waals surface area (Å²) in [5.74, 6) is 0.925. The van der Waals surface area contributed by atoms with E-state index in [9.17, 15) is 0 Å². The van der Waals surface area contributed by atoms with Crippen molar-refractivity contribution < 1.29 is 4.74 Å². The topological polar surface area (TPSA) is 15.7 Å². The molecule has 2 aromatic carbocycles. The lowest BCUT2D eigenvalue weighted by molar-refractivity contribution is 0.179. The standard InChI is InChI=1S/C10H15NO.C7H8.C3H9N/c1-9-4-6-10(7-5-9)12-8-11(2)3;1-7-5-3-2-4-6-7;1-4(2)3/h4-7H,8H2,1-3H3;2-6H,1H3;1-3H3. The number of nitrogens with zero attached hydrogens (tertiary/aromatic N) is 2. The third-order valence-electron chi connectivity index (χ3n) is 2.45. The molecule has 3 nitrogen and oxygen atoms in total. The minimum atomic E-state index is 0.628. The van der Waals surface area contributed by atoms with Crippen molar-refractivity contribution in [1.29, 1.82) is 0 Å². The molecule has 0 aliphatic heterocycles. The molecule has 0 atom stereocenters. The van der Waals surface area contributed by atoms with E-state index in [-0.39, 0.29) is 0 Å². The van der Waals surface area contributed by atoms with E-state index < -0.39 is 0 Å². The zero-order valence-electron chi connectivity index (χ0n) is 15.7. The summed E-state index contributed by atoms with van der Waals surface area (Å²) in [5, 5.41) is 0. The van der Waals surface area contributed by atoms with E-state index in [1.165, 1.54) is 11.1 Å². The molecule has 0 amide bonds. The van der Waals surface area contributed by atoms with Gasteiger partial charge in [-0.3, -0.25) is 4.90 Å². The van der Waals surface area contributed by atoms with Crippen molar-refractivity contribution in [3.8, 4) is 5.75 Å². The van der Waals surface area contributed by atoms with E-state index in [1.807, 2.05) is 87.5 Å². The predicted octanol–water partition coefficient (Wildman–Crippen LogP) is 4.07. The molecule has 0 unspecified atom stereocenters. The second-order valence-corrected chi connectivity index (χ2v) is 6.16. The number of hydrogen-bond acceptors (Lipinski definition) is 3. The van der Waals surface area contributed by atoms with Gasteiger partial charge in [-0.2, -0.15) is 0 Å². The van der Waals surface area contributed by atoms with Crippen molar-refractivity contribution in [2.24, 2.45) is 0 Å². The molecule has 0 saturated heterocycles. The minimum absolute atomic E-state index is 0.628. The highest BCUT2D eigenvalue weighted by Gasteiger charge is 1.92. The van der Waals surface area contributed by atoms with Gasteiger partial charge in [-0.15, -0.1) is 0 Å². The van der Waals surface area contributed by atoms with Crippen LogP contribution in [0.5, 0.6) is 5.75 Å². The number of ether oxygens (including phenoxy) is 1. The Bertz CT molecular complexity index is 490. The third kappa shape index (κ3) is 14.8. The summed E-state index contributed by atoms with van der Waals surface area (Å²) in [5.41, 5.74) is 2.58. The highest BCUT2D eigenvalue weighted by Crippen LogP contribution is 2.10. The lowest BCUT2D eigenvalue weighted by atomic mass is 10.2. The molecular weight excluding hydrogens is 284 g/mol. The van der Waals surface area contributed by atoms with E-state index in [1.54, 1.807) is 0 Å². The summed E-state index contributed by atoms with van der Waals surface area (Å²) < 4.78 is 5.45. The quantitative estimate of drug-likeness (QED) is 0.794. The first-order valence-electron chi connectivity index (χ1n) is 7.78. The van der Waals surface area contributed by atoms with Crippen LogP contribution in [0.25, 0.3) is 0 Å². The first-order chi connectivity index (χ1) is 10.8. The van der Waals surface area contributed by atoms with Gasteiger partial charge >= 0.3 is 0 Å². The average molecular weight is 316 g/mol. The van der Waals surface area contributed by atoms with Gasteiger partial charge in [0, 0.05) is 0 Å². The smallest absolute Gasteiger partial charge is 0.141 e. The molecule has 0 bridgehead atoms. The molecule has 2 aromatic rings. The molecule has 0 radical (unpaired) electrons. The summed E-state index contributed by atoms with van der Waals surface area (Å²) in [6, 6.07) is 18.3. The molecule has 0 spiro atoms. The van der Waals surface area contributed by atoms with Gasteiger partial charge in [0.05, 0.1) is 0 Å². The number of aryl methyl sites for hydroxylation is 2. The van der Waals surface area contributed by atoms with Crippen molar-refractivity contribution in [3.63, 3.8) is 0 Å². The van der Waals surface area contributed by atoms with Crippen LogP contribution in [-0.4, -0.2) is 51.8 Å². The van der Waals surface area contributed by atoms with Crippen LogP contribution in [-0.2, 0) is 0 Å². The van der Waals surface area contributed by atoms with Crippen LogP contribution in [0.4, 0.5) is 0 Å². The minimum Gasteiger partial charge on any atom is -0.478 e. The molecule has 0 saturated carbocycles. The van der Waals surface area contributed by atoms with E-state index in [0.717, 1.165) is 5.75 Å². The fourth-order valence-corrected chi connectivity index (χ4v) is 1.37. The molecule has 0 heterocycles. The second-order valence-electron chi connectivity index (χ2n) is 6.16. The van der Waals surface area contributed by atoms with Gasteiger partial charge in [0.25, 0.3) is 0 Å². The zero-order chi connectivity index (χ0) is 17.7. The fraction of sp³-hybridized carbons (Fsp3) is 0.400. The van der Waals surface area contributed by atoms with Crippen molar-refractivity contribution in [3.05, 3.63) is 65.7 Å². The molecule has 0 aliphatic carbocycles. The molecule has 2 rings (SSSR count). The van der Waals surface area contributed by atoms with Crippen molar-refractivity contribution in [2.75, 3.05) is 42.0 Å². The van der Waals surface area contributed by atoms with Crippen LogP contribution in [0, 0.1) is 13.8 Å². The molecule has 0 N–H and O–H groups in total. The monoisotopic (exact) mass is 316 g/mol. The summed E-state index contributed by atoms with van der Waals surface area (Å²) in [4.78, 5) is 3.99. The maximum atomic E-state index is 5.45. The van der Waals surface area contributed by atoms with E-state index in [4.69, 9.17) is 4.74 Å². The Morgan fingerprint density at radius 3 is 1.48 bits per heavy atom. The average Bonchev–Trinajstić information content (AvgIpc) is 2.47. The van der Waals surface area contributed by atoms with Gasteiger partial charge in [0.15, 0.2) is 0 Å². The molecule has 128 valence electrons. The lowest BCUT2D eigenvalue weighted by Crippen LogP contribution is -2.18. The highest BCUT2D eigenvalue weighted by atomic mass is 16.5. The van der Waals surface area contributed by atoms with Crippen LogP contribution >= 0.6 is 0 Å². The normalized spacial score (nSPS) is 9.61. The summed E-state index contributed by atoms with van der Waals surface area (Å²) in [6.45, 7) is 4.78. The van der Waals surface area contributed by atoms with Crippen LogP contribution in [0.2, 0.25) is 0 Å². The number of rotatable bonds is 3. The van der Waals surface area contributed by atoms with E-state index in [2.05, 4.69) is 26.0 Å². The first-order valence-corrected chi connectivity index (χ1v) is 7.78. The summed E-state index contributed by atoms with van der Waals surface area (Å²) in [6.07, 6.45) is 0. The highest BCUT2D eigenvalue weighted by molar-refractivity contribution is 5.26. The lowest BCUT2D eigenvalue weighted by Gasteiger charge is -2.11. The molecular formula is C20H32N2O. The Hall–Kier alpha value is -1.84. The van der Waals surface area contributed by atoms with E-state index >= 15 is 0 Å². The van der Waals surface area contributed by atoms with Gasteiger partial charge < -0.3 is 9.64 Å². The van der Waals surface area contributed by atoms with Crippen LogP contribution < -0.4 is 4.74 Å². The Balaban J connectivity index is 0.000000371. The van der Waals surface area contributed by atoms with Crippen molar-refractivity contribution >= 4 is 0 Å². The number of hydrogen-bond donors (Lipinski definition) is 0. The number of benzene rings is 2. The van der Waals surface area contributed by atoms with Gasteiger partial charge in [-0.05, 0) is 61.2 Å². The molecule has 23 heavy (non-hydrogen) atoms. The molecule has 3 heteroatoms. The summed E-state index contributed by atoms with van der Waals surface area (Å²) >= 11 is 0. The first kappa shape index (κ1) is 21.2. The van der Waals surface area contributed by atoms with E-state index in [0.29, 0.717) is 6.73 Å². The Morgan fingerprint density at radius 2 is 1.13 bits per heavy atom. The SMILES string of the molecule is CN(C)C.Cc1ccc(OCN(C)C)cc1.Cc1ccccc1. The van der Waals surface area contributed by atoms with Crippen molar-refractivity contribution in [1.82, 2.24) is 9.80 Å². The maximum absolute atomic E-state index is 5.45. The Kier molecular flexibility index (Phi) is 11.7. The zero-order valence-corrected chi connectivity index (χ0v) is 15.7. The van der Waals surface area contributed by atoms with Gasteiger partial charge in [-0.1, -0.05) is 53.6 Å². The van der Waals surface area contributed by atoms with Gasteiger partial charge in [0.2, 0.25) is 0 Å². The van der Waals surface area contributed by atoms with Crippen LogP contribution in [0.1, 0.15) is 11.1 Å². The van der Waals surface area contributed by atoms with Crippen molar-refractivity contribution in [2.45, 2.75) is 13.8 Å².